The lowest BCUT2D eigenvalue weighted by Gasteiger charge is -2.44. The van der Waals surface area contributed by atoms with Crippen LogP contribution in [0.4, 0.5) is 0 Å². The van der Waals surface area contributed by atoms with Gasteiger partial charge in [-0.1, -0.05) is 5.11 Å². The van der Waals surface area contributed by atoms with E-state index in [1.165, 1.54) is 13.8 Å². The second-order valence-corrected chi connectivity index (χ2v) is 5.79. The summed E-state index contributed by atoms with van der Waals surface area (Å²) in [6.07, 6.45) is -2.17. The van der Waals surface area contributed by atoms with Crippen LogP contribution in [-0.4, -0.2) is 55.0 Å². The van der Waals surface area contributed by atoms with E-state index in [4.69, 9.17) is 29.2 Å². The van der Waals surface area contributed by atoms with E-state index in [0.717, 1.165) is 0 Å². The molecule has 0 aliphatic carbocycles. The van der Waals surface area contributed by atoms with Gasteiger partial charge in [0.05, 0.1) is 6.61 Å². The van der Waals surface area contributed by atoms with Crippen LogP contribution in [0.15, 0.2) is 5.11 Å². The Labute approximate surface area is 132 Å². The summed E-state index contributed by atoms with van der Waals surface area (Å²) in [5.74, 6) is -3.63. The Morgan fingerprint density at radius 3 is 2.35 bits per heavy atom. The molecule has 2 fully saturated rings. The average molecular weight is 329 g/mol. The Morgan fingerprint density at radius 2 is 1.87 bits per heavy atom. The first-order chi connectivity index (χ1) is 10.7. The molecule has 0 radical (unpaired) electrons. The third kappa shape index (κ3) is 3.73. The molecule has 23 heavy (non-hydrogen) atoms. The minimum Gasteiger partial charge on any atom is -0.458 e. The molecule has 2 aliphatic heterocycles. The zero-order valence-corrected chi connectivity index (χ0v) is 13.3. The Balaban J connectivity index is 2.39. The van der Waals surface area contributed by atoms with Gasteiger partial charge in [0.15, 0.2) is 18.0 Å². The SMILES string of the molecule is CC(=O)O[C@@H]1[C@H](N=[N+]=[N-])COC2(COC(C)(C)O2)[C@H]1OC(C)=O. The van der Waals surface area contributed by atoms with Crippen LogP contribution in [-0.2, 0) is 33.3 Å². The molecule has 2 rings (SSSR count). The lowest BCUT2D eigenvalue weighted by atomic mass is 9.95. The van der Waals surface area contributed by atoms with Gasteiger partial charge in [0.2, 0.25) is 5.79 Å². The van der Waals surface area contributed by atoms with E-state index in [1.54, 1.807) is 13.8 Å². The summed E-state index contributed by atoms with van der Waals surface area (Å²) in [6.45, 7) is 5.66. The molecule has 4 atom stereocenters. The van der Waals surface area contributed by atoms with Crippen LogP contribution in [0, 0.1) is 0 Å². The number of hydrogen-bond acceptors (Lipinski definition) is 8. The van der Waals surface area contributed by atoms with Gasteiger partial charge in [0.1, 0.15) is 12.6 Å². The number of azide groups is 1. The number of carbonyl (C=O) groups is 2. The molecule has 0 saturated carbocycles. The summed E-state index contributed by atoms with van der Waals surface area (Å²) in [6, 6.07) is -0.855. The molecule has 128 valence electrons. The maximum Gasteiger partial charge on any atom is 0.303 e. The van der Waals surface area contributed by atoms with E-state index >= 15 is 0 Å². The smallest absolute Gasteiger partial charge is 0.303 e. The van der Waals surface area contributed by atoms with Crippen molar-refractivity contribution in [2.24, 2.45) is 5.11 Å². The van der Waals surface area contributed by atoms with E-state index in [1.807, 2.05) is 0 Å². The van der Waals surface area contributed by atoms with E-state index in [9.17, 15) is 9.59 Å². The van der Waals surface area contributed by atoms with Gasteiger partial charge in [0.25, 0.3) is 0 Å². The fraction of sp³-hybridized carbons (Fsp3) is 0.846. The average Bonchev–Trinajstić information content (AvgIpc) is 2.73. The topological polar surface area (TPSA) is 129 Å². The van der Waals surface area contributed by atoms with Gasteiger partial charge < -0.3 is 23.7 Å². The first-order valence-electron chi connectivity index (χ1n) is 7.06. The Bertz CT molecular complexity index is 546. The Morgan fingerprint density at radius 1 is 1.22 bits per heavy atom. The maximum atomic E-state index is 11.5. The predicted molar refractivity (Wildman–Crippen MR) is 73.8 cm³/mol. The molecule has 2 aliphatic rings. The maximum absolute atomic E-state index is 11.5. The van der Waals surface area contributed by atoms with E-state index in [0.29, 0.717) is 0 Å². The molecule has 0 aromatic heterocycles. The van der Waals surface area contributed by atoms with Crippen LogP contribution in [0.25, 0.3) is 10.4 Å². The Kier molecular flexibility index (Phi) is 4.81. The van der Waals surface area contributed by atoms with Gasteiger partial charge in [-0.15, -0.1) is 0 Å². The molecule has 0 aromatic rings. The molecule has 0 amide bonds. The summed E-state index contributed by atoms with van der Waals surface area (Å²) in [5.41, 5.74) is 8.68. The predicted octanol–water partition coefficient (Wildman–Crippen LogP) is 1.04. The van der Waals surface area contributed by atoms with Crippen molar-refractivity contribution in [1.82, 2.24) is 0 Å². The number of carbonyl (C=O) groups excluding carboxylic acids is 2. The third-order valence-corrected chi connectivity index (χ3v) is 3.44. The molecular formula is C13H19N3O7. The van der Waals surface area contributed by atoms with Crippen molar-refractivity contribution < 1.29 is 33.3 Å². The number of hydrogen-bond donors (Lipinski definition) is 0. The highest BCUT2D eigenvalue weighted by Crippen LogP contribution is 2.41. The van der Waals surface area contributed by atoms with E-state index in [2.05, 4.69) is 10.0 Å². The molecule has 1 unspecified atom stereocenters. The summed E-state index contributed by atoms with van der Waals surface area (Å²) in [7, 11) is 0. The van der Waals surface area contributed by atoms with Crippen LogP contribution >= 0.6 is 0 Å². The lowest BCUT2D eigenvalue weighted by Crippen LogP contribution is -2.64. The van der Waals surface area contributed by atoms with Crippen molar-refractivity contribution in [3.05, 3.63) is 10.4 Å². The molecule has 1 spiro atoms. The molecule has 10 nitrogen and oxygen atoms in total. The van der Waals surface area contributed by atoms with Gasteiger partial charge in [0, 0.05) is 18.8 Å². The van der Waals surface area contributed by atoms with Crippen LogP contribution < -0.4 is 0 Å². The van der Waals surface area contributed by atoms with Crippen molar-refractivity contribution in [2.75, 3.05) is 13.2 Å². The zero-order valence-electron chi connectivity index (χ0n) is 13.3. The summed E-state index contributed by atoms with van der Waals surface area (Å²) in [5, 5.41) is 3.56. The first-order valence-corrected chi connectivity index (χ1v) is 7.06. The number of rotatable bonds is 3. The number of esters is 2. The van der Waals surface area contributed by atoms with E-state index in [-0.39, 0.29) is 13.2 Å². The highest BCUT2D eigenvalue weighted by Gasteiger charge is 2.61. The van der Waals surface area contributed by atoms with Crippen LogP contribution in [0.1, 0.15) is 27.7 Å². The fourth-order valence-electron chi connectivity index (χ4n) is 2.65. The summed E-state index contributed by atoms with van der Waals surface area (Å²) in [4.78, 5) is 25.6. The van der Waals surface area contributed by atoms with Crippen molar-refractivity contribution in [3.8, 4) is 0 Å². The van der Waals surface area contributed by atoms with Crippen molar-refractivity contribution in [2.45, 2.75) is 57.5 Å². The van der Waals surface area contributed by atoms with Crippen molar-refractivity contribution in [1.29, 1.82) is 0 Å². The molecule has 0 bridgehead atoms. The normalized spacial score (nSPS) is 35.4. The highest BCUT2D eigenvalue weighted by atomic mass is 16.8. The quantitative estimate of drug-likeness (QED) is 0.327. The molecule has 0 N–H and O–H groups in total. The van der Waals surface area contributed by atoms with Crippen LogP contribution in [0.3, 0.4) is 0 Å². The molecule has 10 heteroatoms. The number of ether oxygens (including phenoxy) is 5. The minimum atomic E-state index is -1.43. The zero-order chi connectivity index (χ0) is 17.3. The second kappa shape index (κ2) is 6.32. The van der Waals surface area contributed by atoms with E-state index < -0.39 is 41.8 Å². The molecule has 2 saturated heterocycles. The van der Waals surface area contributed by atoms with Crippen LogP contribution in [0.2, 0.25) is 0 Å². The fourth-order valence-corrected chi connectivity index (χ4v) is 2.65. The van der Waals surface area contributed by atoms with Crippen molar-refractivity contribution in [3.63, 3.8) is 0 Å². The lowest BCUT2D eigenvalue weighted by molar-refractivity contribution is -0.326. The number of nitrogens with zero attached hydrogens (tertiary/aromatic N) is 3. The minimum absolute atomic E-state index is 0.0291. The van der Waals surface area contributed by atoms with Gasteiger partial charge >= 0.3 is 11.9 Å². The van der Waals surface area contributed by atoms with Gasteiger partial charge in [-0.2, -0.15) is 0 Å². The summed E-state index contributed by atoms with van der Waals surface area (Å²) >= 11 is 0. The first kappa shape index (κ1) is 17.5. The molecular weight excluding hydrogens is 310 g/mol. The summed E-state index contributed by atoms with van der Waals surface area (Å²) < 4.78 is 27.5. The van der Waals surface area contributed by atoms with Crippen molar-refractivity contribution >= 4 is 11.9 Å². The second-order valence-electron chi connectivity index (χ2n) is 5.79. The standard InChI is InChI=1S/C13H19N3O7/c1-7(17)21-10-9(15-16-14)5-19-13(11(10)22-8(2)18)6-20-12(3,4)23-13/h9-11H,5-6H2,1-4H3/t9-,10-,11+,13?/m1/s1. The molecule has 2 heterocycles. The van der Waals surface area contributed by atoms with Gasteiger partial charge in [-0.25, -0.2) is 0 Å². The highest BCUT2D eigenvalue weighted by molar-refractivity contribution is 5.67. The Hall–Kier alpha value is -1.87. The monoisotopic (exact) mass is 329 g/mol. The van der Waals surface area contributed by atoms with Crippen LogP contribution in [0.5, 0.6) is 0 Å². The largest absolute Gasteiger partial charge is 0.458 e. The third-order valence-electron chi connectivity index (χ3n) is 3.44. The van der Waals surface area contributed by atoms with Gasteiger partial charge in [-0.3, -0.25) is 9.59 Å². The van der Waals surface area contributed by atoms with Gasteiger partial charge in [-0.05, 0) is 19.4 Å². The molecule has 0 aromatic carbocycles.